The highest BCUT2D eigenvalue weighted by Crippen LogP contribution is 2.36. The Bertz CT molecular complexity index is 802. The average Bonchev–Trinajstić information content (AvgIpc) is 2.54. The first-order chi connectivity index (χ1) is 11.1. The lowest BCUT2D eigenvalue weighted by molar-refractivity contribution is 0.418. The van der Waals surface area contributed by atoms with Crippen LogP contribution in [0.25, 0.3) is 0 Å². The summed E-state index contributed by atoms with van der Waals surface area (Å²) in [4.78, 5) is 0. The number of halogens is 2. The molecule has 3 aromatic rings. The fraction of sp³-hybridized carbons (Fsp3) is 0. The van der Waals surface area contributed by atoms with Crippen LogP contribution in [0.1, 0.15) is 0 Å². The summed E-state index contributed by atoms with van der Waals surface area (Å²) in [5, 5.41) is 0. The van der Waals surface area contributed by atoms with Crippen LogP contribution in [0.3, 0.4) is 0 Å². The maximum Gasteiger partial charge on any atom is 0.171 e. The third kappa shape index (κ3) is 3.77. The van der Waals surface area contributed by atoms with Gasteiger partial charge in [0, 0.05) is 11.8 Å². The lowest BCUT2D eigenvalue weighted by atomic mass is 10.2. The number of anilines is 1. The molecule has 0 spiro atoms. The van der Waals surface area contributed by atoms with Crippen molar-refractivity contribution < 1.29 is 18.3 Å². The van der Waals surface area contributed by atoms with Crippen LogP contribution in [0.4, 0.5) is 14.5 Å². The van der Waals surface area contributed by atoms with Crippen molar-refractivity contribution in [3.05, 3.63) is 78.4 Å². The zero-order valence-corrected chi connectivity index (χ0v) is 12.0. The molecule has 116 valence electrons. The van der Waals surface area contributed by atoms with E-state index in [-0.39, 0.29) is 11.6 Å². The Labute approximate surface area is 131 Å². The van der Waals surface area contributed by atoms with Crippen LogP contribution in [0, 0.1) is 11.6 Å². The molecule has 0 atom stereocenters. The van der Waals surface area contributed by atoms with Crippen LogP contribution < -0.4 is 15.2 Å². The summed E-state index contributed by atoms with van der Waals surface area (Å²) in [5.41, 5.74) is 6.27. The van der Waals surface area contributed by atoms with Crippen molar-refractivity contribution in [3.8, 4) is 23.0 Å². The van der Waals surface area contributed by atoms with E-state index in [4.69, 9.17) is 15.2 Å². The number of nitrogens with two attached hydrogens (primary N) is 1. The topological polar surface area (TPSA) is 44.5 Å². The summed E-state index contributed by atoms with van der Waals surface area (Å²) >= 11 is 0. The van der Waals surface area contributed by atoms with Crippen molar-refractivity contribution in [2.24, 2.45) is 0 Å². The minimum absolute atomic E-state index is 0.350. The molecule has 0 aromatic heterocycles. The second kappa shape index (κ2) is 6.36. The van der Waals surface area contributed by atoms with Gasteiger partial charge < -0.3 is 15.2 Å². The van der Waals surface area contributed by atoms with Crippen LogP contribution in [0.15, 0.2) is 66.7 Å². The van der Waals surface area contributed by atoms with Gasteiger partial charge in [0.1, 0.15) is 23.1 Å². The van der Waals surface area contributed by atoms with Crippen molar-refractivity contribution in [1.82, 2.24) is 0 Å². The summed E-state index contributed by atoms with van der Waals surface area (Å²) in [6.07, 6.45) is 0. The van der Waals surface area contributed by atoms with Crippen LogP contribution in [0.5, 0.6) is 23.0 Å². The third-order valence-electron chi connectivity index (χ3n) is 3.05. The van der Waals surface area contributed by atoms with Gasteiger partial charge in [-0.1, -0.05) is 0 Å². The maximum atomic E-state index is 13.0. The van der Waals surface area contributed by atoms with Gasteiger partial charge in [0.15, 0.2) is 11.5 Å². The van der Waals surface area contributed by atoms with Gasteiger partial charge in [-0.15, -0.1) is 0 Å². The Hall–Kier alpha value is -3.08. The van der Waals surface area contributed by atoms with Gasteiger partial charge in [-0.25, -0.2) is 8.78 Å². The van der Waals surface area contributed by atoms with E-state index in [1.807, 2.05) is 0 Å². The highest BCUT2D eigenvalue weighted by molar-refractivity contribution is 5.54. The molecule has 0 aliphatic carbocycles. The molecule has 3 rings (SSSR count). The minimum Gasteiger partial charge on any atom is -0.453 e. The molecule has 0 heterocycles. The Kier molecular flexibility index (Phi) is 4.10. The molecule has 0 saturated heterocycles. The molecular weight excluding hydrogens is 300 g/mol. The molecule has 0 aliphatic rings. The smallest absolute Gasteiger partial charge is 0.171 e. The minimum atomic E-state index is -0.354. The molecule has 0 unspecified atom stereocenters. The highest BCUT2D eigenvalue weighted by Gasteiger charge is 2.09. The molecule has 5 heteroatoms. The summed E-state index contributed by atoms with van der Waals surface area (Å²) in [6, 6.07) is 16.1. The Morgan fingerprint density at radius 3 is 1.61 bits per heavy atom. The zero-order chi connectivity index (χ0) is 16.2. The summed E-state index contributed by atoms with van der Waals surface area (Å²) in [5.74, 6) is 0.988. The van der Waals surface area contributed by atoms with Crippen LogP contribution in [0.2, 0.25) is 0 Å². The first-order valence-electron chi connectivity index (χ1n) is 6.86. The van der Waals surface area contributed by atoms with Gasteiger partial charge in [-0.05, 0) is 60.7 Å². The van der Waals surface area contributed by atoms with E-state index >= 15 is 0 Å². The second-order valence-electron chi connectivity index (χ2n) is 4.82. The molecule has 0 aliphatic heterocycles. The van der Waals surface area contributed by atoms with E-state index in [9.17, 15) is 8.78 Å². The predicted octanol–water partition coefficient (Wildman–Crippen LogP) is 5.13. The summed E-state index contributed by atoms with van der Waals surface area (Å²) in [7, 11) is 0. The molecule has 0 amide bonds. The van der Waals surface area contributed by atoms with Crippen LogP contribution >= 0.6 is 0 Å². The van der Waals surface area contributed by atoms with E-state index < -0.39 is 0 Å². The average molecular weight is 313 g/mol. The molecule has 3 aromatic carbocycles. The maximum absolute atomic E-state index is 13.0. The van der Waals surface area contributed by atoms with Crippen molar-refractivity contribution in [1.29, 1.82) is 0 Å². The molecule has 23 heavy (non-hydrogen) atoms. The molecule has 0 radical (unpaired) electrons. The lowest BCUT2D eigenvalue weighted by Crippen LogP contribution is -1.93. The van der Waals surface area contributed by atoms with Gasteiger partial charge in [0.05, 0.1) is 0 Å². The van der Waals surface area contributed by atoms with Crippen molar-refractivity contribution >= 4 is 5.69 Å². The van der Waals surface area contributed by atoms with E-state index in [0.717, 1.165) is 0 Å². The number of benzene rings is 3. The van der Waals surface area contributed by atoms with Crippen molar-refractivity contribution in [3.63, 3.8) is 0 Å². The van der Waals surface area contributed by atoms with Gasteiger partial charge >= 0.3 is 0 Å². The second-order valence-corrected chi connectivity index (χ2v) is 4.82. The first kappa shape index (κ1) is 14.8. The van der Waals surface area contributed by atoms with Crippen LogP contribution in [-0.4, -0.2) is 0 Å². The number of hydrogen-bond donors (Lipinski definition) is 1. The Morgan fingerprint density at radius 1 is 0.609 bits per heavy atom. The molecular formula is C18H13F2NO2. The normalized spacial score (nSPS) is 10.3. The summed E-state index contributed by atoms with van der Waals surface area (Å²) in [6.45, 7) is 0. The van der Waals surface area contributed by atoms with E-state index in [0.29, 0.717) is 28.7 Å². The number of nitrogen functional groups attached to an aromatic ring is 1. The summed E-state index contributed by atoms with van der Waals surface area (Å²) < 4.78 is 37.3. The van der Waals surface area contributed by atoms with Crippen molar-refractivity contribution in [2.75, 3.05) is 5.73 Å². The monoisotopic (exact) mass is 313 g/mol. The fourth-order valence-electron chi connectivity index (χ4n) is 1.95. The zero-order valence-electron chi connectivity index (χ0n) is 12.0. The Morgan fingerprint density at radius 2 is 1.09 bits per heavy atom. The molecule has 2 N–H and O–H groups in total. The SMILES string of the molecule is Nc1ccc(Oc2ccc(F)cc2)c(Oc2ccc(F)cc2)c1. The number of ether oxygens (including phenoxy) is 2. The number of hydrogen-bond acceptors (Lipinski definition) is 3. The Balaban J connectivity index is 1.88. The largest absolute Gasteiger partial charge is 0.453 e. The molecule has 3 nitrogen and oxygen atoms in total. The van der Waals surface area contributed by atoms with E-state index in [2.05, 4.69) is 0 Å². The van der Waals surface area contributed by atoms with E-state index in [1.54, 1.807) is 18.2 Å². The van der Waals surface area contributed by atoms with Gasteiger partial charge in [0.25, 0.3) is 0 Å². The predicted molar refractivity (Wildman–Crippen MR) is 83.8 cm³/mol. The standard InChI is InChI=1S/C18H13F2NO2/c19-12-1-6-15(7-2-12)22-17-10-5-14(21)11-18(17)23-16-8-3-13(20)4-9-16/h1-11H,21H2. The molecule has 0 fully saturated rings. The highest BCUT2D eigenvalue weighted by atomic mass is 19.1. The molecule has 0 saturated carbocycles. The van der Waals surface area contributed by atoms with Gasteiger partial charge in [-0.2, -0.15) is 0 Å². The fourth-order valence-corrected chi connectivity index (χ4v) is 1.95. The van der Waals surface area contributed by atoms with Gasteiger partial charge in [0.2, 0.25) is 0 Å². The molecule has 0 bridgehead atoms. The third-order valence-corrected chi connectivity index (χ3v) is 3.05. The van der Waals surface area contributed by atoms with E-state index in [1.165, 1.54) is 48.5 Å². The lowest BCUT2D eigenvalue weighted by Gasteiger charge is -2.13. The van der Waals surface area contributed by atoms with Crippen LogP contribution in [-0.2, 0) is 0 Å². The first-order valence-corrected chi connectivity index (χ1v) is 6.86. The van der Waals surface area contributed by atoms with Crippen molar-refractivity contribution in [2.45, 2.75) is 0 Å². The number of rotatable bonds is 4. The quantitative estimate of drug-likeness (QED) is 0.679. The van der Waals surface area contributed by atoms with Gasteiger partial charge in [-0.3, -0.25) is 0 Å².